The fraction of sp³-hybridized carbons (Fsp3) is 0.526. The van der Waals surface area contributed by atoms with Gasteiger partial charge in [0.2, 0.25) is 0 Å². The van der Waals surface area contributed by atoms with Crippen LogP contribution in [0.5, 0.6) is 5.75 Å². The summed E-state index contributed by atoms with van der Waals surface area (Å²) in [5, 5.41) is 10.6. The molecule has 0 atom stereocenters. The largest absolute Gasteiger partial charge is 0.492 e. The van der Waals surface area contributed by atoms with Gasteiger partial charge < -0.3 is 20.1 Å². The summed E-state index contributed by atoms with van der Waals surface area (Å²) in [7, 11) is 3.61. The first-order valence-corrected chi connectivity index (χ1v) is 9.54. The van der Waals surface area contributed by atoms with Crippen molar-refractivity contribution < 1.29 is 9.47 Å². The van der Waals surface area contributed by atoms with Gasteiger partial charge in [0.15, 0.2) is 5.96 Å². The van der Waals surface area contributed by atoms with Gasteiger partial charge in [0.1, 0.15) is 24.5 Å². The minimum Gasteiger partial charge on any atom is -0.492 e. The number of hydrogen-bond acceptors (Lipinski definition) is 6. The Bertz CT molecular complexity index is 763. The van der Waals surface area contributed by atoms with Crippen molar-refractivity contribution in [2.24, 2.45) is 12.0 Å². The lowest BCUT2D eigenvalue weighted by Crippen LogP contribution is -2.38. The molecule has 160 valence electrons. The molecule has 0 spiro atoms. The molecule has 1 fully saturated rings. The van der Waals surface area contributed by atoms with Gasteiger partial charge in [-0.1, -0.05) is 12.1 Å². The molecule has 0 unspecified atom stereocenters. The van der Waals surface area contributed by atoms with Gasteiger partial charge in [-0.3, -0.25) is 14.6 Å². The van der Waals surface area contributed by atoms with Crippen molar-refractivity contribution in [2.45, 2.75) is 13.1 Å². The number of halogens is 1. The molecule has 0 bridgehead atoms. The van der Waals surface area contributed by atoms with Gasteiger partial charge in [-0.15, -0.1) is 24.0 Å². The molecular weight excluding hydrogens is 485 g/mol. The van der Waals surface area contributed by atoms with Crippen molar-refractivity contribution in [1.82, 2.24) is 30.3 Å². The normalized spacial score (nSPS) is 14.9. The van der Waals surface area contributed by atoms with Crippen LogP contribution >= 0.6 is 24.0 Å². The van der Waals surface area contributed by atoms with Crippen LogP contribution in [0.4, 0.5) is 0 Å². The molecule has 2 aromatic rings. The third kappa shape index (κ3) is 7.78. The van der Waals surface area contributed by atoms with E-state index < -0.39 is 0 Å². The number of ether oxygens (including phenoxy) is 2. The summed E-state index contributed by atoms with van der Waals surface area (Å²) in [6, 6.07) is 8.13. The predicted molar refractivity (Wildman–Crippen MR) is 123 cm³/mol. The number of rotatable bonds is 8. The zero-order valence-electron chi connectivity index (χ0n) is 17.0. The Morgan fingerprint density at radius 3 is 2.76 bits per heavy atom. The van der Waals surface area contributed by atoms with E-state index in [0.717, 1.165) is 50.0 Å². The van der Waals surface area contributed by atoms with Crippen molar-refractivity contribution in [1.29, 1.82) is 0 Å². The van der Waals surface area contributed by atoms with Gasteiger partial charge in [-0.05, 0) is 17.7 Å². The van der Waals surface area contributed by atoms with E-state index in [9.17, 15) is 0 Å². The molecule has 0 aliphatic carbocycles. The SMILES string of the molecule is CN=C(NCc1cccc(OCCN2CCOCC2)c1)NCc1ncnn1C.I. The molecule has 2 N–H and O–H groups in total. The van der Waals surface area contributed by atoms with Crippen molar-refractivity contribution in [3.63, 3.8) is 0 Å². The Labute approximate surface area is 188 Å². The topological polar surface area (TPSA) is 88.8 Å². The van der Waals surface area contributed by atoms with E-state index in [1.54, 1.807) is 11.7 Å². The highest BCUT2D eigenvalue weighted by Gasteiger charge is 2.10. The van der Waals surface area contributed by atoms with E-state index in [0.29, 0.717) is 25.7 Å². The maximum atomic E-state index is 5.92. The Morgan fingerprint density at radius 2 is 2.03 bits per heavy atom. The van der Waals surface area contributed by atoms with Crippen molar-refractivity contribution >= 4 is 29.9 Å². The highest BCUT2D eigenvalue weighted by Crippen LogP contribution is 2.13. The number of nitrogens with zero attached hydrogens (tertiary/aromatic N) is 5. The number of hydrogen-bond donors (Lipinski definition) is 2. The molecule has 1 aromatic heterocycles. The monoisotopic (exact) mass is 515 g/mol. The number of benzene rings is 1. The predicted octanol–water partition coefficient (Wildman–Crippen LogP) is 1.01. The van der Waals surface area contributed by atoms with Crippen LogP contribution in [0, 0.1) is 0 Å². The van der Waals surface area contributed by atoms with E-state index in [2.05, 4.69) is 42.7 Å². The van der Waals surface area contributed by atoms with Gasteiger partial charge in [0, 0.05) is 40.3 Å². The molecule has 1 saturated heterocycles. The van der Waals surface area contributed by atoms with Crippen molar-refractivity contribution in [3.8, 4) is 5.75 Å². The molecule has 1 aliphatic rings. The van der Waals surface area contributed by atoms with Gasteiger partial charge in [0.05, 0.1) is 19.8 Å². The van der Waals surface area contributed by atoms with Crippen molar-refractivity contribution in [3.05, 3.63) is 42.0 Å². The second kappa shape index (κ2) is 12.6. The number of nitrogens with one attached hydrogen (secondary N) is 2. The van der Waals surface area contributed by atoms with Crippen LogP contribution in [0.15, 0.2) is 35.6 Å². The smallest absolute Gasteiger partial charge is 0.191 e. The molecule has 3 rings (SSSR count). The minimum absolute atomic E-state index is 0. The fourth-order valence-corrected chi connectivity index (χ4v) is 2.91. The quantitative estimate of drug-likeness (QED) is 0.308. The third-order valence-corrected chi connectivity index (χ3v) is 4.58. The molecule has 10 heteroatoms. The van der Waals surface area contributed by atoms with Crippen LogP contribution in [-0.2, 0) is 24.9 Å². The summed E-state index contributed by atoms with van der Waals surface area (Å²) in [6.07, 6.45) is 1.54. The molecule has 1 aromatic carbocycles. The third-order valence-electron chi connectivity index (χ3n) is 4.58. The molecule has 0 radical (unpaired) electrons. The summed E-state index contributed by atoms with van der Waals surface area (Å²) in [5.41, 5.74) is 1.13. The Balaban J connectivity index is 0.00000300. The Hall–Kier alpha value is -1.92. The average molecular weight is 515 g/mol. The van der Waals surface area contributed by atoms with Crippen LogP contribution in [0.2, 0.25) is 0 Å². The molecular formula is C19H30IN7O2. The maximum Gasteiger partial charge on any atom is 0.191 e. The summed E-state index contributed by atoms with van der Waals surface area (Å²) in [4.78, 5) is 10.8. The number of aliphatic imine (C=N–C) groups is 1. The van der Waals surface area contributed by atoms with Gasteiger partial charge in [-0.2, -0.15) is 5.10 Å². The Morgan fingerprint density at radius 1 is 1.24 bits per heavy atom. The lowest BCUT2D eigenvalue weighted by atomic mass is 10.2. The number of morpholine rings is 1. The van der Waals surface area contributed by atoms with E-state index in [-0.39, 0.29) is 24.0 Å². The summed E-state index contributed by atoms with van der Waals surface area (Å²) >= 11 is 0. The number of guanidine groups is 1. The first kappa shape index (κ1) is 23.4. The van der Waals surface area contributed by atoms with E-state index in [4.69, 9.17) is 9.47 Å². The van der Waals surface area contributed by atoms with Gasteiger partial charge >= 0.3 is 0 Å². The van der Waals surface area contributed by atoms with Crippen LogP contribution < -0.4 is 15.4 Å². The maximum absolute atomic E-state index is 5.92. The number of aromatic nitrogens is 3. The lowest BCUT2D eigenvalue weighted by molar-refractivity contribution is 0.0322. The molecule has 2 heterocycles. The highest BCUT2D eigenvalue weighted by atomic mass is 127. The zero-order chi connectivity index (χ0) is 19.6. The van der Waals surface area contributed by atoms with Crippen LogP contribution in [-0.4, -0.2) is 72.1 Å². The van der Waals surface area contributed by atoms with Crippen LogP contribution in [0.25, 0.3) is 0 Å². The van der Waals surface area contributed by atoms with Crippen molar-refractivity contribution in [2.75, 3.05) is 46.5 Å². The molecule has 1 aliphatic heterocycles. The van der Waals surface area contributed by atoms with Crippen LogP contribution in [0.1, 0.15) is 11.4 Å². The average Bonchev–Trinajstić information content (AvgIpc) is 3.14. The minimum atomic E-state index is 0. The molecule has 0 saturated carbocycles. The van der Waals surface area contributed by atoms with Gasteiger partial charge in [0.25, 0.3) is 0 Å². The Kier molecular flexibility index (Phi) is 10.2. The van der Waals surface area contributed by atoms with Crippen LogP contribution in [0.3, 0.4) is 0 Å². The van der Waals surface area contributed by atoms with E-state index in [1.165, 1.54) is 6.33 Å². The molecule has 0 amide bonds. The summed E-state index contributed by atoms with van der Waals surface area (Å²) < 4.78 is 13.0. The molecule has 9 nitrogen and oxygen atoms in total. The fourth-order valence-electron chi connectivity index (χ4n) is 2.91. The molecule has 29 heavy (non-hydrogen) atoms. The second-order valence-corrected chi connectivity index (χ2v) is 6.53. The highest BCUT2D eigenvalue weighted by molar-refractivity contribution is 14.0. The second-order valence-electron chi connectivity index (χ2n) is 6.53. The van der Waals surface area contributed by atoms with Gasteiger partial charge in [-0.25, -0.2) is 4.98 Å². The summed E-state index contributed by atoms with van der Waals surface area (Å²) in [6.45, 7) is 6.39. The zero-order valence-corrected chi connectivity index (χ0v) is 19.3. The van der Waals surface area contributed by atoms with E-state index in [1.807, 2.05) is 19.2 Å². The number of aryl methyl sites for hydroxylation is 1. The lowest BCUT2D eigenvalue weighted by Gasteiger charge is -2.26. The van der Waals surface area contributed by atoms with E-state index >= 15 is 0 Å². The first-order valence-electron chi connectivity index (χ1n) is 9.54. The first-order chi connectivity index (χ1) is 13.7. The standard InChI is InChI=1S/C19H29N7O2.HI/c1-20-19(22-14-18-23-15-24-25(18)2)21-13-16-4-3-5-17(12-16)28-11-8-26-6-9-27-10-7-26;/h3-5,12,15H,6-11,13-14H2,1-2H3,(H2,20,21,22);1H. The summed E-state index contributed by atoms with van der Waals surface area (Å²) in [5.74, 6) is 2.44.